The van der Waals surface area contributed by atoms with Crippen LogP contribution >= 0.6 is 0 Å². The Morgan fingerprint density at radius 3 is 2.79 bits per heavy atom. The average molecular weight is 196 g/mol. The monoisotopic (exact) mass is 196 g/mol. The van der Waals surface area contributed by atoms with Crippen molar-refractivity contribution in [1.82, 2.24) is 0 Å². The zero-order valence-electron chi connectivity index (χ0n) is 8.25. The van der Waals surface area contributed by atoms with E-state index in [9.17, 15) is 14.3 Å². The fourth-order valence-corrected chi connectivity index (χ4v) is 1.22. The Hall–Kier alpha value is -1.22. The molecule has 0 heterocycles. The minimum atomic E-state index is -1.03. The Morgan fingerprint density at radius 1 is 1.57 bits per heavy atom. The van der Waals surface area contributed by atoms with Crippen LogP contribution in [0.25, 0.3) is 0 Å². The maximum Gasteiger partial charge on any atom is 0.191 e. The van der Waals surface area contributed by atoms with Gasteiger partial charge >= 0.3 is 0 Å². The Bertz CT molecular complexity index is 347. The minimum absolute atomic E-state index is 0.263. The maximum absolute atomic E-state index is 12.8. The first-order valence-electron chi connectivity index (χ1n) is 4.54. The Kier molecular flexibility index (Phi) is 3.36. The van der Waals surface area contributed by atoms with E-state index in [4.69, 9.17) is 0 Å². The van der Waals surface area contributed by atoms with Gasteiger partial charge in [0.15, 0.2) is 5.78 Å². The molecule has 0 radical (unpaired) electrons. The highest BCUT2D eigenvalue weighted by Gasteiger charge is 2.17. The number of ketones is 1. The molecule has 1 aromatic carbocycles. The molecule has 1 N–H and O–H groups in total. The highest BCUT2D eigenvalue weighted by molar-refractivity contribution is 6.00. The lowest BCUT2D eigenvalue weighted by Crippen LogP contribution is -2.20. The number of rotatable bonds is 3. The standard InChI is InChI=1S/C11H13FO2/c1-3-10(13)11(14)9-6-8(12)5-4-7(9)2/h4-6,10,13H,3H2,1-2H3. The lowest BCUT2D eigenvalue weighted by molar-refractivity contribution is 0.0739. The van der Waals surface area contributed by atoms with Gasteiger partial charge in [0.25, 0.3) is 0 Å². The van der Waals surface area contributed by atoms with E-state index in [1.807, 2.05) is 0 Å². The topological polar surface area (TPSA) is 37.3 Å². The highest BCUT2D eigenvalue weighted by Crippen LogP contribution is 2.13. The SMILES string of the molecule is CCC(O)C(=O)c1cc(F)ccc1C. The third-order valence-corrected chi connectivity index (χ3v) is 2.15. The predicted molar refractivity (Wildman–Crippen MR) is 51.8 cm³/mol. The molecule has 1 unspecified atom stereocenters. The van der Waals surface area contributed by atoms with Gasteiger partial charge in [-0.2, -0.15) is 0 Å². The van der Waals surface area contributed by atoms with Crippen LogP contribution in [0.1, 0.15) is 29.3 Å². The molecular weight excluding hydrogens is 183 g/mol. The van der Waals surface area contributed by atoms with E-state index < -0.39 is 17.7 Å². The molecule has 0 saturated carbocycles. The number of halogens is 1. The van der Waals surface area contributed by atoms with Crippen LogP contribution in [0.5, 0.6) is 0 Å². The number of aryl methyl sites for hydroxylation is 1. The number of aliphatic hydroxyl groups excluding tert-OH is 1. The van der Waals surface area contributed by atoms with Crippen molar-refractivity contribution in [2.75, 3.05) is 0 Å². The van der Waals surface area contributed by atoms with Crippen molar-refractivity contribution in [3.8, 4) is 0 Å². The summed E-state index contributed by atoms with van der Waals surface area (Å²) >= 11 is 0. The van der Waals surface area contributed by atoms with Crippen molar-refractivity contribution in [3.05, 3.63) is 35.1 Å². The number of aliphatic hydroxyl groups is 1. The summed E-state index contributed by atoms with van der Waals surface area (Å²) in [6.45, 7) is 3.42. The molecule has 0 aromatic heterocycles. The molecule has 1 rings (SSSR count). The molecule has 1 atom stereocenters. The Balaban J connectivity index is 3.06. The quantitative estimate of drug-likeness (QED) is 0.751. The van der Waals surface area contributed by atoms with Crippen LogP contribution in [0.4, 0.5) is 4.39 Å². The number of carbonyl (C=O) groups excluding carboxylic acids is 1. The van der Waals surface area contributed by atoms with Gasteiger partial charge in [-0.05, 0) is 31.0 Å². The van der Waals surface area contributed by atoms with Gasteiger partial charge in [-0.1, -0.05) is 13.0 Å². The van der Waals surface area contributed by atoms with E-state index in [1.54, 1.807) is 13.8 Å². The van der Waals surface area contributed by atoms with Crippen LogP contribution in [0.3, 0.4) is 0 Å². The van der Waals surface area contributed by atoms with Gasteiger partial charge < -0.3 is 5.11 Å². The predicted octanol–water partition coefficient (Wildman–Crippen LogP) is 2.09. The number of hydrogen-bond acceptors (Lipinski definition) is 2. The number of Topliss-reactive ketones (excluding diaryl/α,β-unsaturated/α-hetero) is 1. The summed E-state index contributed by atoms with van der Waals surface area (Å²) in [6.07, 6.45) is -0.690. The largest absolute Gasteiger partial charge is 0.385 e. The van der Waals surface area contributed by atoms with E-state index >= 15 is 0 Å². The first-order valence-corrected chi connectivity index (χ1v) is 4.54. The Morgan fingerprint density at radius 2 is 2.21 bits per heavy atom. The summed E-state index contributed by atoms with van der Waals surface area (Å²) in [4.78, 5) is 11.5. The third-order valence-electron chi connectivity index (χ3n) is 2.15. The molecule has 0 amide bonds. The van der Waals surface area contributed by atoms with Gasteiger partial charge in [0.2, 0.25) is 0 Å². The summed E-state index contributed by atoms with van der Waals surface area (Å²) < 4.78 is 12.8. The molecule has 0 aliphatic rings. The van der Waals surface area contributed by atoms with Gasteiger partial charge in [-0.25, -0.2) is 4.39 Å². The van der Waals surface area contributed by atoms with E-state index in [0.29, 0.717) is 12.0 Å². The number of benzene rings is 1. The summed E-state index contributed by atoms with van der Waals surface area (Å²) in [6, 6.07) is 3.99. The smallest absolute Gasteiger partial charge is 0.191 e. The Labute approximate surface area is 82.4 Å². The first kappa shape index (κ1) is 10.9. The molecule has 0 bridgehead atoms. The van der Waals surface area contributed by atoms with E-state index in [-0.39, 0.29) is 5.56 Å². The summed E-state index contributed by atoms with van der Waals surface area (Å²) in [7, 11) is 0. The maximum atomic E-state index is 12.8. The summed E-state index contributed by atoms with van der Waals surface area (Å²) in [5.74, 6) is -0.869. The van der Waals surface area contributed by atoms with Crippen LogP contribution in [0.2, 0.25) is 0 Å². The molecule has 0 aliphatic carbocycles. The second kappa shape index (κ2) is 4.33. The lowest BCUT2D eigenvalue weighted by Gasteiger charge is -2.08. The van der Waals surface area contributed by atoms with Crippen molar-refractivity contribution in [3.63, 3.8) is 0 Å². The van der Waals surface area contributed by atoms with Crippen molar-refractivity contribution in [2.45, 2.75) is 26.4 Å². The summed E-state index contributed by atoms with van der Waals surface area (Å²) in [5.41, 5.74) is 0.947. The molecule has 0 aliphatic heterocycles. The van der Waals surface area contributed by atoms with Crippen molar-refractivity contribution in [1.29, 1.82) is 0 Å². The molecule has 0 saturated heterocycles. The number of carbonyl (C=O) groups is 1. The molecular formula is C11H13FO2. The fraction of sp³-hybridized carbons (Fsp3) is 0.364. The second-order valence-corrected chi connectivity index (χ2v) is 3.25. The van der Waals surface area contributed by atoms with E-state index in [2.05, 4.69) is 0 Å². The molecule has 14 heavy (non-hydrogen) atoms. The third kappa shape index (κ3) is 2.17. The van der Waals surface area contributed by atoms with Crippen LogP contribution in [0.15, 0.2) is 18.2 Å². The van der Waals surface area contributed by atoms with Gasteiger partial charge in [-0.3, -0.25) is 4.79 Å². The molecule has 2 nitrogen and oxygen atoms in total. The highest BCUT2D eigenvalue weighted by atomic mass is 19.1. The number of hydrogen-bond donors (Lipinski definition) is 1. The van der Waals surface area contributed by atoms with Crippen LogP contribution in [-0.2, 0) is 0 Å². The zero-order chi connectivity index (χ0) is 10.7. The normalized spacial score (nSPS) is 12.6. The van der Waals surface area contributed by atoms with Gasteiger partial charge in [0.1, 0.15) is 11.9 Å². The second-order valence-electron chi connectivity index (χ2n) is 3.25. The van der Waals surface area contributed by atoms with E-state index in [1.165, 1.54) is 12.1 Å². The molecule has 0 fully saturated rings. The summed E-state index contributed by atoms with van der Waals surface area (Å²) in [5, 5.41) is 9.32. The molecule has 76 valence electrons. The van der Waals surface area contributed by atoms with Crippen LogP contribution in [-0.4, -0.2) is 17.0 Å². The molecule has 0 spiro atoms. The average Bonchev–Trinajstić information content (AvgIpc) is 2.19. The van der Waals surface area contributed by atoms with Crippen LogP contribution < -0.4 is 0 Å². The van der Waals surface area contributed by atoms with Gasteiger partial charge in [0, 0.05) is 5.56 Å². The molecule has 1 aromatic rings. The van der Waals surface area contributed by atoms with Gasteiger partial charge in [-0.15, -0.1) is 0 Å². The van der Waals surface area contributed by atoms with Crippen molar-refractivity contribution >= 4 is 5.78 Å². The minimum Gasteiger partial charge on any atom is -0.385 e. The van der Waals surface area contributed by atoms with E-state index in [0.717, 1.165) is 6.07 Å². The van der Waals surface area contributed by atoms with Crippen molar-refractivity contribution < 1.29 is 14.3 Å². The van der Waals surface area contributed by atoms with Crippen molar-refractivity contribution in [2.24, 2.45) is 0 Å². The van der Waals surface area contributed by atoms with Crippen LogP contribution in [0, 0.1) is 12.7 Å². The molecule has 3 heteroatoms. The van der Waals surface area contributed by atoms with Gasteiger partial charge in [0.05, 0.1) is 0 Å². The zero-order valence-corrected chi connectivity index (χ0v) is 8.25. The fourth-order valence-electron chi connectivity index (χ4n) is 1.22. The first-order chi connectivity index (χ1) is 6.56. The lowest BCUT2D eigenvalue weighted by atomic mass is 10.00.